The van der Waals surface area contributed by atoms with Crippen LogP contribution in [0.4, 0.5) is 4.39 Å². The van der Waals surface area contributed by atoms with Crippen LogP contribution in [0.3, 0.4) is 0 Å². The van der Waals surface area contributed by atoms with E-state index in [9.17, 15) is 4.39 Å². The molecule has 3 rings (SSSR count). The first-order valence-corrected chi connectivity index (χ1v) is 7.52. The molecule has 0 unspecified atom stereocenters. The molecular weight excluding hydrogens is 325 g/mol. The van der Waals surface area contributed by atoms with Crippen LogP contribution in [0.5, 0.6) is 5.75 Å². The Balaban J connectivity index is 0.00000208. The summed E-state index contributed by atoms with van der Waals surface area (Å²) in [6.45, 7) is 0.816. The van der Waals surface area contributed by atoms with Crippen LogP contribution in [0.1, 0.15) is 11.1 Å². The minimum Gasteiger partial charge on any atom is -0.488 e. The van der Waals surface area contributed by atoms with E-state index in [1.165, 1.54) is 6.07 Å². The summed E-state index contributed by atoms with van der Waals surface area (Å²) in [6.07, 6.45) is 0. The summed E-state index contributed by atoms with van der Waals surface area (Å²) in [4.78, 5) is 0. The molecule has 0 fully saturated rings. The van der Waals surface area contributed by atoms with Crippen molar-refractivity contribution in [2.45, 2.75) is 13.2 Å². The molecule has 0 amide bonds. The zero-order valence-electron chi connectivity index (χ0n) is 13.1. The van der Waals surface area contributed by atoms with E-state index in [1.807, 2.05) is 54.6 Å². The molecule has 3 aromatic carbocycles. The molecule has 24 heavy (non-hydrogen) atoms. The van der Waals surface area contributed by atoms with Gasteiger partial charge in [0, 0.05) is 17.7 Å². The predicted molar refractivity (Wildman–Crippen MR) is 97.7 cm³/mol. The lowest BCUT2D eigenvalue weighted by molar-refractivity contribution is 0.307. The van der Waals surface area contributed by atoms with Crippen molar-refractivity contribution in [3.8, 4) is 16.9 Å². The Morgan fingerprint density at radius 2 is 1.50 bits per heavy atom. The number of hydrogen-bond donors (Lipinski definition) is 1. The fourth-order valence-electron chi connectivity index (χ4n) is 2.46. The van der Waals surface area contributed by atoms with E-state index in [-0.39, 0.29) is 18.2 Å². The zero-order valence-corrected chi connectivity index (χ0v) is 13.9. The maximum Gasteiger partial charge on any atom is 0.131 e. The van der Waals surface area contributed by atoms with Crippen molar-refractivity contribution in [2.75, 3.05) is 0 Å². The third kappa shape index (κ3) is 4.13. The van der Waals surface area contributed by atoms with Gasteiger partial charge >= 0.3 is 0 Å². The molecule has 0 aliphatic rings. The number of nitrogens with two attached hydrogens (primary N) is 1. The van der Waals surface area contributed by atoms with Crippen molar-refractivity contribution in [1.29, 1.82) is 0 Å². The molecule has 0 aliphatic heterocycles. The highest BCUT2D eigenvalue weighted by molar-refractivity contribution is 5.85. The molecule has 0 heterocycles. The number of halogens is 2. The second-order valence-corrected chi connectivity index (χ2v) is 5.29. The number of ether oxygens (including phenoxy) is 1. The summed E-state index contributed by atoms with van der Waals surface area (Å²) in [5.74, 6) is 0.377. The van der Waals surface area contributed by atoms with Gasteiger partial charge in [-0.05, 0) is 29.3 Å². The van der Waals surface area contributed by atoms with Crippen LogP contribution < -0.4 is 10.5 Å². The van der Waals surface area contributed by atoms with Crippen LogP contribution in [-0.4, -0.2) is 0 Å². The first-order valence-electron chi connectivity index (χ1n) is 7.52. The molecule has 3 aromatic rings. The molecule has 2 nitrogen and oxygen atoms in total. The van der Waals surface area contributed by atoms with Crippen molar-refractivity contribution >= 4 is 12.4 Å². The summed E-state index contributed by atoms with van der Waals surface area (Å²) in [5.41, 5.74) is 8.87. The van der Waals surface area contributed by atoms with Crippen molar-refractivity contribution in [3.63, 3.8) is 0 Å². The third-order valence-corrected chi connectivity index (χ3v) is 3.68. The van der Waals surface area contributed by atoms with Gasteiger partial charge in [-0.2, -0.15) is 0 Å². The van der Waals surface area contributed by atoms with Crippen molar-refractivity contribution < 1.29 is 9.13 Å². The van der Waals surface area contributed by atoms with E-state index in [0.29, 0.717) is 24.5 Å². The van der Waals surface area contributed by atoms with Gasteiger partial charge in [-0.1, -0.05) is 54.6 Å². The lowest BCUT2D eigenvalue weighted by atomic mass is 10.0. The molecule has 4 heteroatoms. The summed E-state index contributed by atoms with van der Waals surface area (Å²) in [7, 11) is 0. The number of rotatable bonds is 5. The van der Waals surface area contributed by atoms with Gasteiger partial charge in [-0.3, -0.25) is 0 Å². The molecule has 0 spiro atoms. The quantitative estimate of drug-likeness (QED) is 0.711. The minimum atomic E-state index is -0.280. The highest BCUT2D eigenvalue weighted by atomic mass is 35.5. The van der Waals surface area contributed by atoms with Crippen LogP contribution in [-0.2, 0) is 13.2 Å². The first-order chi connectivity index (χ1) is 11.3. The number of para-hydroxylation sites is 1. The van der Waals surface area contributed by atoms with Crippen molar-refractivity contribution in [3.05, 3.63) is 89.7 Å². The molecule has 0 saturated heterocycles. The molecule has 2 N–H and O–H groups in total. The van der Waals surface area contributed by atoms with Gasteiger partial charge in [0.1, 0.15) is 18.2 Å². The highest BCUT2D eigenvalue weighted by Gasteiger charge is 2.11. The second kappa shape index (κ2) is 8.48. The summed E-state index contributed by atoms with van der Waals surface area (Å²) < 4.78 is 20.1. The normalized spacial score (nSPS) is 10.1. The second-order valence-electron chi connectivity index (χ2n) is 5.29. The average molecular weight is 344 g/mol. The summed E-state index contributed by atoms with van der Waals surface area (Å²) in [6, 6.07) is 22.3. The largest absolute Gasteiger partial charge is 0.488 e. The van der Waals surface area contributed by atoms with E-state index < -0.39 is 0 Å². The van der Waals surface area contributed by atoms with E-state index in [2.05, 4.69) is 0 Å². The Hall–Kier alpha value is -2.36. The maximum absolute atomic E-state index is 14.2. The Morgan fingerprint density at radius 1 is 0.792 bits per heavy atom. The zero-order chi connectivity index (χ0) is 16.1. The Morgan fingerprint density at radius 3 is 2.25 bits per heavy atom. The van der Waals surface area contributed by atoms with Crippen molar-refractivity contribution in [1.82, 2.24) is 0 Å². The predicted octanol–water partition coefficient (Wildman–Crippen LogP) is 4.95. The van der Waals surface area contributed by atoms with Gasteiger partial charge in [-0.15, -0.1) is 12.4 Å². The fourth-order valence-corrected chi connectivity index (χ4v) is 2.46. The van der Waals surface area contributed by atoms with Gasteiger partial charge in [-0.25, -0.2) is 4.39 Å². The van der Waals surface area contributed by atoms with Crippen LogP contribution in [0.25, 0.3) is 11.1 Å². The van der Waals surface area contributed by atoms with E-state index >= 15 is 0 Å². The fraction of sp³-hybridized carbons (Fsp3) is 0.100. The Bertz CT molecular complexity index is 793. The maximum atomic E-state index is 14.2. The number of hydrogen-bond acceptors (Lipinski definition) is 2. The van der Waals surface area contributed by atoms with Gasteiger partial charge < -0.3 is 10.5 Å². The standard InChI is InChI=1S/C20H18FNO.ClH/c21-19-11-10-16(13-22)12-18(19)17-8-4-5-9-20(17)23-14-15-6-2-1-3-7-15;/h1-12H,13-14,22H2;1H. The van der Waals surface area contributed by atoms with Gasteiger partial charge in [0.25, 0.3) is 0 Å². The molecule has 0 bridgehead atoms. The van der Waals surface area contributed by atoms with E-state index in [0.717, 1.165) is 16.7 Å². The van der Waals surface area contributed by atoms with Crippen LogP contribution in [0.15, 0.2) is 72.8 Å². The van der Waals surface area contributed by atoms with Gasteiger partial charge in [0.15, 0.2) is 0 Å². The number of benzene rings is 3. The molecule has 0 aromatic heterocycles. The van der Waals surface area contributed by atoms with Crippen LogP contribution >= 0.6 is 12.4 Å². The van der Waals surface area contributed by atoms with E-state index in [4.69, 9.17) is 10.5 Å². The van der Waals surface area contributed by atoms with Crippen LogP contribution in [0.2, 0.25) is 0 Å². The molecule has 0 aliphatic carbocycles. The Kier molecular flexibility index (Phi) is 6.36. The minimum absolute atomic E-state index is 0. The lowest BCUT2D eigenvalue weighted by Gasteiger charge is -2.13. The third-order valence-electron chi connectivity index (χ3n) is 3.68. The first kappa shape index (κ1) is 18.0. The lowest BCUT2D eigenvalue weighted by Crippen LogP contribution is -2.00. The molecule has 0 saturated carbocycles. The highest BCUT2D eigenvalue weighted by Crippen LogP contribution is 2.32. The summed E-state index contributed by atoms with van der Waals surface area (Å²) in [5, 5.41) is 0. The molecular formula is C20H19ClFNO. The topological polar surface area (TPSA) is 35.2 Å². The monoisotopic (exact) mass is 343 g/mol. The van der Waals surface area contributed by atoms with Gasteiger partial charge in [0.2, 0.25) is 0 Å². The molecule has 0 atom stereocenters. The van der Waals surface area contributed by atoms with E-state index in [1.54, 1.807) is 12.1 Å². The SMILES string of the molecule is Cl.NCc1ccc(F)c(-c2ccccc2OCc2ccccc2)c1. The summed E-state index contributed by atoms with van der Waals surface area (Å²) >= 11 is 0. The molecule has 124 valence electrons. The van der Waals surface area contributed by atoms with Crippen molar-refractivity contribution in [2.24, 2.45) is 5.73 Å². The Labute approximate surface area is 147 Å². The average Bonchev–Trinajstić information content (AvgIpc) is 2.62. The van der Waals surface area contributed by atoms with Gasteiger partial charge in [0.05, 0.1) is 0 Å². The molecule has 0 radical (unpaired) electrons. The smallest absolute Gasteiger partial charge is 0.131 e. The van der Waals surface area contributed by atoms with Crippen LogP contribution in [0, 0.1) is 5.82 Å².